The normalized spacial score (nSPS) is 9.28. The minimum Gasteiger partial charge on any atom is -0.355 e. The van der Waals surface area contributed by atoms with Gasteiger partial charge < -0.3 is 5.32 Å². The van der Waals surface area contributed by atoms with Crippen molar-refractivity contribution in [2.45, 2.75) is 0 Å². The highest BCUT2D eigenvalue weighted by molar-refractivity contribution is 9.10. The minimum atomic E-state index is 0.597. The van der Waals surface area contributed by atoms with E-state index in [1.54, 1.807) is 12.1 Å². The number of terminal acetylenes is 1. The zero-order chi connectivity index (χ0) is 13.0. The first-order chi connectivity index (χ1) is 8.71. The molecule has 0 atom stereocenters. The molecule has 3 heteroatoms. The summed E-state index contributed by atoms with van der Waals surface area (Å²) in [5.74, 6) is 2.59. The van der Waals surface area contributed by atoms with Crippen molar-refractivity contribution in [3.05, 3.63) is 58.1 Å². The molecule has 0 spiro atoms. The number of nitriles is 1. The highest BCUT2D eigenvalue weighted by atomic mass is 79.9. The lowest BCUT2D eigenvalue weighted by molar-refractivity contribution is 1.46. The highest BCUT2D eigenvalue weighted by Gasteiger charge is 2.00. The van der Waals surface area contributed by atoms with E-state index < -0.39 is 0 Å². The number of nitrogens with zero attached hydrogens (tertiary/aromatic N) is 1. The fourth-order valence-electron chi connectivity index (χ4n) is 1.58. The van der Waals surface area contributed by atoms with E-state index in [4.69, 9.17) is 11.7 Å². The van der Waals surface area contributed by atoms with Crippen LogP contribution < -0.4 is 5.32 Å². The van der Waals surface area contributed by atoms with Crippen LogP contribution in [0.4, 0.5) is 11.4 Å². The van der Waals surface area contributed by atoms with Gasteiger partial charge in [0.15, 0.2) is 0 Å². The van der Waals surface area contributed by atoms with Gasteiger partial charge in [-0.3, -0.25) is 0 Å². The number of hydrogen-bond acceptors (Lipinski definition) is 2. The Morgan fingerprint density at radius 1 is 1.06 bits per heavy atom. The average Bonchev–Trinajstić information content (AvgIpc) is 2.38. The number of rotatable bonds is 2. The summed E-state index contributed by atoms with van der Waals surface area (Å²) in [7, 11) is 0. The largest absolute Gasteiger partial charge is 0.355 e. The van der Waals surface area contributed by atoms with Crippen LogP contribution in [0.25, 0.3) is 0 Å². The molecule has 2 aromatic carbocycles. The molecule has 2 nitrogen and oxygen atoms in total. The molecule has 0 saturated heterocycles. The fraction of sp³-hybridized carbons (Fsp3) is 0. The van der Waals surface area contributed by atoms with Crippen LogP contribution in [0, 0.1) is 23.7 Å². The van der Waals surface area contributed by atoms with Crippen molar-refractivity contribution in [3.8, 4) is 18.4 Å². The Morgan fingerprint density at radius 3 is 2.56 bits per heavy atom. The third kappa shape index (κ3) is 2.91. The molecule has 0 bridgehead atoms. The van der Waals surface area contributed by atoms with Gasteiger partial charge in [0.2, 0.25) is 0 Å². The molecule has 86 valence electrons. The summed E-state index contributed by atoms with van der Waals surface area (Å²) in [4.78, 5) is 0. The Morgan fingerprint density at radius 2 is 1.83 bits per heavy atom. The average molecular weight is 297 g/mol. The Kier molecular flexibility index (Phi) is 3.67. The number of halogens is 1. The van der Waals surface area contributed by atoms with Crippen molar-refractivity contribution in [1.82, 2.24) is 0 Å². The third-order valence-electron chi connectivity index (χ3n) is 2.34. The molecule has 0 saturated carbocycles. The lowest BCUT2D eigenvalue weighted by atomic mass is 10.2. The van der Waals surface area contributed by atoms with Gasteiger partial charge in [-0.2, -0.15) is 5.26 Å². The van der Waals surface area contributed by atoms with Crippen molar-refractivity contribution in [2.24, 2.45) is 0 Å². The summed E-state index contributed by atoms with van der Waals surface area (Å²) >= 11 is 3.37. The van der Waals surface area contributed by atoms with Gasteiger partial charge in [-0.15, -0.1) is 6.42 Å². The molecule has 0 amide bonds. The van der Waals surface area contributed by atoms with E-state index in [1.807, 2.05) is 30.3 Å². The molecule has 0 aliphatic rings. The zero-order valence-electron chi connectivity index (χ0n) is 9.44. The van der Waals surface area contributed by atoms with E-state index >= 15 is 0 Å². The monoisotopic (exact) mass is 296 g/mol. The predicted molar refractivity (Wildman–Crippen MR) is 76.5 cm³/mol. The van der Waals surface area contributed by atoms with E-state index in [0.717, 1.165) is 21.4 Å². The van der Waals surface area contributed by atoms with Crippen LogP contribution in [0.3, 0.4) is 0 Å². The predicted octanol–water partition coefficient (Wildman–Crippen LogP) is 4.05. The lowest BCUT2D eigenvalue weighted by Gasteiger charge is -2.07. The fourth-order valence-corrected chi connectivity index (χ4v) is 2.07. The summed E-state index contributed by atoms with van der Waals surface area (Å²) < 4.78 is 0.858. The Labute approximate surface area is 114 Å². The van der Waals surface area contributed by atoms with Gasteiger partial charge >= 0.3 is 0 Å². The van der Waals surface area contributed by atoms with E-state index in [0.29, 0.717) is 5.56 Å². The molecule has 0 radical (unpaired) electrons. The van der Waals surface area contributed by atoms with Gasteiger partial charge in [-0.25, -0.2) is 0 Å². The quantitative estimate of drug-likeness (QED) is 0.849. The van der Waals surface area contributed by atoms with Crippen molar-refractivity contribution in [3.63, 3.8) is 0 Å². The summed E-state index contributed by atoms with van der Waals surface area (Å²) in [5.41, 5.74) is 3.15. The number of anilines is 2. The molecular formula is C15H9BrN2. The summed E-state index contributed by atoms with van der Waals surface area (Å²) in [6.45, 7) is 0. The van der Waals surface area contributed by atoms with Gasteiger partial charge in [0, 0.05) is 21.4 Å². The molecule has 2 rings (SSSR count). The Bertz CT molecular complexity index is 663. The van der Waals surface area contributed by atoms with Crippen molar-refractivity contribution in [1.29, 1.82) is 5.26 Å². The Hall–Kier alpha value is -2.23. The van der Waals surface area contributed by atoms with Gasteiger partial charge in [0.1, 0.15) is 0 Å². The molecule has 0 aliphatic carbocycles. The van der Waals surface area contributed by atoms with Crippen LogP contribution in [0.5, 0.6) is 0 Å². The topological polar surface area (TPSA) is 35.8 Å². The molecule has 0 unspecified atom stereocenters. The molecule has 2 aromatic rings. The first-order valence-electron chi connectivity index (χ1n) is 5.25. The van der Waals surface area contributed by atoms with Crippen LogP contribution >= 0.6 is 15.9 Å². The maximum Gasteiger partial charge on any atom is 0.0992 e. The standard InChI is InChI=1S/C15H9BrN2/c1-2-11-4-3-5-14(7-11)18-15-8-12(10-17)6-13(16)9-15/h1,3-9,18H. The van der Waals surface area contributed by atoms with Crippen molar-refractivity contribution < 1.29 is 0 Å². The molecule has 0 fully saturated rings. The summed E-state index contributed by atoms with van der Waals surface area (Å²) in [5, 5.41) is 12.1. The summed E-state index contributed by atoms with van der Waals surface area (Å²) in [6, 6.07) is 15.1. The van der Waals surface area contributed by atoms with E-state index in [9.17, 15) is 0 Å². The maximum atomic E-state index is 8.91. The first kappa shape index (κ1) is 12.2. The second-order valence-corrected chi connectivity index (χ2v) is 4.61. The second kappa shape index (κ2) is 5.40. The first-order valence-corrected chi connectivity index (χ1v) is 6.05. The van der Waals surface area contributed by atoms with Gasteiger partial charge in [0.25, 0.3) is 0 Å². The second-order valence-electron chi connectivity index (χ2n) is 3.69. The van der Waals surface area contributed by atoms with Crippen LogP contribution in [-0.4, -0.2) is 0 Å². The van der Waals surface area contributed by atoms with E-state index in [-0.39, 0.29) is 0 Å². The van der Waals surface area contributed by atoms with Gasteiger partial charge in [-0.05, 0) is 36.4 Å². The smallest absolute Gasteiger partial charge is 0.0992 e. The molecule has 1 N–H and O–H groups in total. The van der Waals surface area contributed by atoms with Crippen molar-refractivity contribution in [2.75, 3.05) is 5.32 Å². The molecule has 0 aliphatic heterocycles. The minimum absolute atomic E-state index is 0.597. The van der Waals surface area contributed by atoms with Crippen LogP contribution in [0.15, 0.2) is 46.9 Å². The lowest BCUT2D eigenvalue weighted by Crippen LogP contribution is -1.91. The number of nitrogens with one attached hydrogen (secondary N) is 1. The van der Waals surface area contributed by atoms with E-state index in [2.05, 4.69) is 33.2 Å². The van der Waals surface area contributed by atoms with Gasteiger partial charge in [0.05, 0.1) is 11.6 Å². The SMILES string of the molecule is C#Cc1cccc(Nc2cc(Br)cc(C#N)c2)c1. The Balaban J connectivity index is 2.31. The highest BCUT2D eigenvalue weighted by Crippen LogP contribution is 2.23. The third-order valence-corrected chi connectivity index (χ3v) is 2.80. The number of hydrogen-bond donors (Lipinski definition) is 1. The molecular weight excluding hydrogens is 288 g/mol. The zero-order valence-corrected chi connectivity index (χ0v) is 11.0. The summed E-state index contributed by atoms with van der Waals surface area (Å²) in [6.07, 6.45) is 5.35. The number of benzene rings is 2. The van der Waals surface area contributed by atoms with Crippen LogP contribution in [-0.2, 0) is 0 Å². The van der Waals surface area contributed by atoms with E-state index in [1.165, 1.54) is 0 Å². The van der Waals surface area contributed by atoms with Crippen molar-refractivity contribution >= 4 is 27.3 Å². The van der Waals surface area contributed by atoms with Crippen LogP contribution in [0.1, 0.15) is 11.1 Å². The molecule has 0 aromatic heterocycles. The molecule has 18 heavy (non-hydrogen) atoms. The van der Waals surface area contributed by atoms with Crippen LogP contribution in [0.2, 0.25) is 0 Å². The van der Waals surface area contributed by atoms with Gasteiger partial charge in [-0.1, -0.05) is 27.9 Å². The maximum absolute atomic E-state index is 8.91. The molecule has 0 heterocycles.